The molecule has 0 fully saturated rings. The Morgan fingerprint density at radius 1 is 0.824 bits per heavy atom. The number of aliphatic hydroxyl groups is 1. The van der Waals surface area contributed by atoms with E-state index in [1.54, 1.807) is 12.1 Å². The van der Waals surface area contributed by atoms with Gasteiger partial charge in [-0.05, 0) is 23.3 Å². The third-order valence-electron chi connectivity index (χ3n) is 2.76. The van der Waals surface area contributed by atoms with Crippen molar-refractivity contribution in [2.45, 2.75) is 12.1 Å². The summed E-state index contributed by atoms with van der Waals surface area (Å²) in [5.74, 6) is 0.175. The van der Waals surface area contributed by atoms with E-state index in [1.807, 2.05) is 30.3 Å². The Labute approximate surface area is 100 Å². The number of aliphatic hydroxyl groups excluding tert-OH is 1. The molecule has 0 aliphatic rings. The zero-order valence-corrected chi connectivity index (χ0v) is 9.32. The Hall–Kier alpha value is -1.84. The first-order valence-corrected chi connectivity index (χ1v) is 5.46. The van der Waals surface area contributed by atoms with Crippen LogP contribution in [0.1, 0.15) is 23.3 Å². The summed E-state index contributed by atoms with van der Waals surface area (Å²) in [6.07, 6.45) is -0.780. The van der Waals surface area contributed by atoms with Crippen molar-refractivity contribution in [3.05, 3.63) is 65.7 Å². The first-order valence-electron chi connectivity index (χ1n) is 5.46. The molecule has 17 heavy (non-hydrogen) atoms. The second-order valence-corrected chi connectivity index (χ2v) is 3.97. The molecule has 0 saturated carbocycles. The molecule has 88 valence electrons. The van der Waals surface area contributed by atoms with Crippen molar-refractivity contribution in [1.82, 2.24) is 0 Å². The summed E-state index contributed by atoms with van der Waals surface area (Å²) in [6, 6.07) is 15.4. The molecule has 0 spiro atoms. The molecule has 0 bridgehead atoms. The van der Waals surface area contributed by atoms with Gasteiger partial charge in [0.2, 0.25) is 0 Å². The summed E-state index contributed by atoms with van der Waals surface area (Å²) >= 11 is 0. The molecule has 0 unspecified atom stereocenters. The van der Waals surface area contributed by atoms with Gasteiger partial charge >= 0.3 is 0 Å². The van der Waals surface area contributed by atoms with Gasteiger partial charge in [0.25, 0.3) is 0 Å². The van der Waals surface area contributed by atoms with Gasteiger partial charge in [-0.2, -0.15) is 0 Å². The molecule has 2 atom stereocenters. The number of rotatable bonds is 3. The van der Waals surface area contributed by atoms with E-state index in [0.29, 0.717) is 5.56 Å². The van der Waals surface area contributed by atoms with Gasteiger partial charge in [0.05, 0.1) is 12.1 Å². The first kappa shape index (κ1) is 11.6. The standard InChI is InChI=1S/C14H15NO2/c15-13(10-4-2-1-3-5-10)14(17)11-6-8-12(16)9-7-11/h1-9,13-14,16-17H,15H2/t13-,14+/m0/s1. The molecule has 4 N–H and O–H groups in total. The molecular formula is C14H15NO2. The van der Waals surface area contributed by atoms with Gasteiger partial charge in [0, 0.05) is 0 Å². The fourth-order valence-electron chi connectivity index (χ4n) is 1.74. The van der Waals surface area contributed by atoms with Crippen LogP contribution in [0.5, 0.6) is 5.75 Å². The maximum atomic E-state index is 10.1. The van der Waals surface area contributed by atoms with E-state index < -0.39 is 12.1 Å². The van der Waals surface area contributed by atoms with Crippen molar-refractivity contribution >= 4 is 0 Å². The van der Waals surface area contributed by atoms with E-state index >= 15 is 0 Å². The molecule has 0 aliphatic carbocycles. The second-order valence-electron chi connectivity index (χ2n) is 3.97. The summed E-state index contributed by atoms with van der Waals surface area (Å²) < 4.78 is 0. The molecule has 2 aromatic rings. The van der Waals surface area contributed by atoms with Gasteiger partial charge in [0.15, 0.2) is 0 Å². The number of phenolic OH excluding ortho intramolecular Hbond substituents is 1. The Balaban J connectivity index is 2.20. The lowest BCUT2D eigenvalue weighted by Gasteiger charge is -2.19. The van der Waals surface area contributed by atoms with Crippen molar-refractivity contribution < 1.29 is 10.2 Å². The zero-order valence-electron chi connectivity index (χ0n) is 9.32. The predicted molar refractivity (Wildman–Crippen MR) is 66.4 cm³/mol. The van der Waals surface area contributed by atoms with E-state index in [2.05, 4.69) is 0 Å². The Morgan fingerprint density at radius 2 is 1.41 bits per heavy atom. The number of hydrogen-bond acceptors (Lipinski definition) is 3. The number of hydrogen-bond donors (Lipinski definition) is 3. The highest BCUT2D eigenvalue weighted by molar-refractivity contribution is 5.30. The highest BCUT2D eigenvalue weighted by Crippen LogP contribution is 2.27. The molecule has 2 aromatic carbocycles. The SMILES string of the molecule is N[C@@H](c1ccccc1)[C@H](O)c1ccc(O)cc1. The second kappa shape index (κ2) is 4.99. The van der Waals surface area contributed by atoms with Crippen LogP contribution in [0, 0.1) is 0 Å². The van der Waals surface area contributed by atoms with E-state index in [0.717, 1.165) is 5.56 Å². The summed E-state index contributed by atoms with van der Waals surface area (Å²) in [7, 11) is 0. The summed E-state index contributed by atoms with van der Waals surface area (Å²) in [5.41, 5.74) is 7.57. The third kappa shape index (κ3) is 2.64. The fraction of sp³-hybridized carbons (Fsp3) is 0.143. The highest BCUT2D eigenvalue weighted by atomic mass is 16.3. The molecule has 3 nitrogen and oxygen atoms in total. The van der Waals surface area contributed by atoms with Gasteiger partial charge in [-0.25, -0.2) is 0 Å². The van der Waals surface area contributed by atoms with Gasteiger partial charge in [0.1, 0.15) is 5.75 Å². The van der Waals surface area contributed by atoms with Crippen LogP contribution in [0.25, 0.3) is 0 Å². The first-order chi connectivity index (χ1) is 8.18. The molecule has 0 amide bonds. The van der Waals surface area contributed by atoms with Crippen molar-refractivity contribution in [2.75, 3.05) is 0 Å². The van der Waals surface area contributed by atoms with Gasteiger partial charge in [-0.1, -0.05) is 42.5 Å². The third-order valence-corrected chi connectivity index (χ3v) is 2.76. The highest BCUT2D eigenvalue weighted by Gasteiger charge is 2.18. The normalized spacial score (nSPS) is 14.2. The average molecular weight is 229 g/mol. The van der Waals surface area contributed by atoms with Crippen LogP contribution >= 0.6 is 0 Å². The van der Waals surface area contributed by atoms with E-state index in [4.69, 9.17) is 5.73 Å². The van der Waals surface area contributed by atoms with Crippen LogP contribution in [-0.4, -0.2) is 10.2 Å². The molecule has 0 heterocycles. The van der Waals surface area contributed by atoms with E-state index in [1.165, 1.54) is 12.1 Å². The Kier molecular flexibility index (Phi) is 3.42. The number of aromatic hydroxyl groups is 1. The lowest BCUT2D eigenvalue weighted by atomic mass is 9.97. The van der Waals surface area contributed by atoms with Crippen molar-refractivity contribution in [3.63, 3.8) is 0 Å². The largest absolute Gasteiger partial charge is 0.508 e. The maximum Gasteiger partial charge on any atom is 0.115 e. The summed E-state index contributed by atoms with van der Waals surface area (Å²) in [6.45, 7) is 0. The van der Waals surface area contributed by atoms with Crippen LogP contribution in [0.15, 0.2) is 54.6 Å². The van der Waals surface area contributed by atoms with Crippen LogP contribution in [0.4, 0.5) is 0 Å². The molecule has 2 rings (SSSR count). The van der Waals surface area contributed by atoms with Gasteiger partial charge < -0.3 is 15.9 Å². The topological polar surface area (TPSA) is 66.5 Å². The molecule has 0 aliphatic heterocycles. The minimum atomic E-state index is -0.780. The van der Waals surface area contributed by atoms with Crippen molar-refractivity contribution in [1.29, 1.82) is 0 Å². The lowest BCUT2D eigenvalue weighted by molar-refractivity contribution is 0.147. The average Bonchev–Trinajstić information content (AvgIpc) is 2.39. The minimum Gasteiger partial charge on any atom is -0.508 e. The Morgan fingerprint density at radius 3 is 2.00 bits per heavy atom. The maximum absolute atomic E-state index is 10.1. The van der Waals surface area contributed by atoms with Crippen molar-refractivity contribution in [3.8, 4) is 5.75 Å². The monoisotopic (exact) mass is 229 g/mol. The van der Waals surface area contributed by atoms with Crippen LogP contribution in [0.2, 0.25) is 0 Å². The molecule has 0 radical (unpaired) electrons. The van der Waals surface area contributed by atoms with Crippen LogP contribution < -0.4 is 5.73 Å². The van der Waals surface area contributed by atoms with Gasteiger partial charge in [-0.15, -0.1) is 0 Å². The molecule has 0 aromatic heterocycles. The number of phenols is 1. The fourth-order valence-corrected chi connectivity index (χ4v) is 1.74. The smallest absolute Gasteiger partial charge is 0.115 e. The molecule has 3 heteroatoms. The quantitative estimate of drug-likeness (QED) is 0.755. The van der Waals surface area contributed by atoms with E-state index in [9.17, 15) is 10.2 Å². The lowest BCUT2D eigenvalue weighted by Crippen LogP contribution is -2.19. The summed E-state index contributed by atoms with van der Waals surface area (Å²) in [4.78, 5) is 0. The van der Waals surface area contributed by atoms with Crippen LogP contribution in [-0.2, 0) is 0 Å². The Bertz CT molecular complexity index is 467. The minimum absolute atomic E-state index is 0.175. The molecule has 0 saturated heterocycles. The number of benzene rings is 2. The molecular weight excluding hydrogens is 214 g/mol. The van der Waals surface area contributed by atoms with Gasteiger partial charge in [-0.3, -0.25) is 0 Å². The van der Waals surface area contributed by atoms with E-state index in [-0.39, 0.29) is 5.75 Å². The zero-order chi connectivity index (χ0) is 12.3. The summed E-state index contributed by atoms with van der Waals surface area (Å²) in [5, 5.41) is 19.3. The number of nitrogens with two attached hydrogens (primary N) is 1. The predicted octanol–water partition coefficient (Wildman–Crippen LogP) is 2.13. The van der Waals surface area contributed by atoms with Crippen LogP contribution in [0.3, 0.4) is 0 Å². The van der Waals surface area contributed by atoms with Crippen molar-refractivity contribution in [2.24, 2.45) is 5.73 Å².